The van der Waals surface area contributed by atoms with E-state index in [1.807, 2.05) is 0 Å². The molecule has 1 fully saturated rings. The van der Waals surface area contributed by atoms with Gasteiger partial charge in [0.25, 0.3) is 0 Å². The van der Waals surface area contributed by atoms with E-state index in [0.29, 0.717) is 12.1 Å². The highest BCUT2D eigenvalue weighted by Crippen LogP contribution is 2.25. The molecule has 1 saturated heterocycles. The standard InChI is InChI=1S/C14H25N3S/c1-10-7-17(11(2)6-15-10)8-13-16-12(9-18-13)14(3,4)5/h9-11,15H,6-8H2,1-5H3. The molecule has 1 aliphatic rings. The molecule has 0 aromatic carbocycles. The molecule has 0 radical (unpaired) electrons. The van der Waals surface area contributed by atoms with Crippen molar-refractivity contribution in [2.75, 3.05) is 13.1 Å². The van der Waals surface area contributed by atoms with Crippen molar-refractivity contribution >= 4 is 11.3 Å². The van der Waals surface area contributed by atoms with E-state index in [2.05, 4.69) is 50.2 Å². The van der Waals surface area contributed by atoms with Crippen molar-refractivity contribution in [1.82, 2.24) is 15.2 Å². The first-order valence-electron chi connectivity index (χ1n) is 6.78. The van der Waals surface area contributed by atoms with E-state index in [-0.39, 0.29) is 5.41 Å². The number of aromatic nitrogens is 1. The lowest BCUT2D eigenvalue weighted by atomic mass is 9.93. The molecule has 2 unspecified atom stereocenters. The highest BCUT2D eigenvalue weighted by molar-refractivity contribution is 7.09. The second-order valence-corrected chi connectivity index (χ2v) is 7.41. The fourth-order valence-corrected chi connectivity index (χ4v) is 3.26. The van der Waals surface area contributed by atoms with Crippen LogP contribution in [0, 0.1) is 0 Å². The molecular weight excluding hydrogens is 242 g/mol. The number of rotatable bonds is 2. The van der Waals surface area contributed by atoms with Gasteiger partial charge in [-0.2, -0.15) is 0 Å². The molecule has 0 aliphatic carbocycles. The van der Waals surface area contributed by atoms with Crippen molar-refractivity contribution in [2.45, 2.75) is 58.7 Å². The Kier molecular flexibility index (Phi) is 4.09. The van der Waals surface area contributed by atoms with Crippen molar-refractivity contribution in [3.8, 4) is 0 Å². The molecule has 4 heteroatoms. The molecule has 0 amide bonds. The molecule has 2 atom stereocenters. The van der Waals surface area contributed by atoms with E-state index < -0.39 is 0 Å². The minimum absolute atomic E-state index is 0.164. The zero-order valence-electron chi connectivity index (χ0n) is 12.2. The highest BCUT2D eigenvalue weighted by Gasteiger charge is 2.24. The van der Waals surface area contributed by atoms with Crippen molar-refractivity contribution in [3.63, 3.8) is 0 Å². The molecule has 1 aromatic rings. The van der Waals surface area contributed by atoms with Gasteiger partial charge in [0.15, 0.2) is 0 Å². The Morgan fingerprint density at radius 1 is 1.44 bits per heavy atom. The van der Waals surface area contributed by atoms with Gasteiger partial charge in [0.2, 0.25) is 0 Å². The summed E-state index contributed by atoms with van der Waals surface area (Å²) in [4.78, 5) is 7.33. The topological polar surface area (TPSA) is 28.2 Å². The van der Waals surface area contributed by atoms with Crippen molar-refractivity contribution < 1.29 is 0 Å². The van der Waals surface area contributed by atoms with Crippen LogP contribution in [0.4, 0.5) is 0 Å². The van der Waals surface area contributed by atoms with Gasteiger partial charge in [0.1, 0.15) is 5.01 Å². The average molecular weight is 267 g/mol. The third-order valence-corrected chi connectivity index (χ3v) is 4.39. The number of hydrogen-bond donors (Lipinski definition) is 1. The second-order valence-electron chi connectivity index (χ2n) is 6.46. The summed E-state index contributed by atoms with van der Waals surface area (Å²) in [5.74, 6) is 0. The Bertz CT molecular complexity index is 394. The maximum absolute atomic E-state index is 4.79. The van der Waals surface area contributed by atoms with Crippen LogP contribution in [-0.2, 0) is 12.0 Å². The average Bonchev–Trinajstić information content (AvgIpc) is 2.71. The Labute approximate surface area is 115 Å². The minimum Gasteiger partial charge on any atom is -0.311 e. The Balaban J connectivity index is 2.02. The van der Waals surface area contributed by atoms with Crippen LogP contribution in [0.25, 0.3) is 0 Å². The lowest BCUT2D eigenvalue weighted by Gasteiger charge is -2.36. The number of thiazole rings is 1. The molecule has 0 saturated carbocycles. The van der Waals surface area contributed by atoms with Gasteiger partial charge < -0.3 is 5.32 Å². The summed E-state index contributed by atoms with van der Waals surface area (Å²) < 4.78 is 0. The van der Waals surface area contributed by atoms with Gasteiger partial charge in [0, 0.05) is 36.0 Å². The van der Waals surface area contributed by atoms with E-state index in [1.165, 1.54) is 10.7 Å². The van der Waals surface area contributed by atoms with E-state index in [4.69, 9.17) is 4.98 Å². The number of hydrogen-bond acceptors (Lipinski definition) is 4. The van der Waals surface area contributed by atoms with Crippen molar-refractivity contribution in [3.05, 3.63) is 16.1 Å². The van der Waals surface area contributed by atoms with Gasteiger partial charge >= 0.3 is 0 Å². The molecule has 1 aliphatic heterocycles. The fourth-order valence-electron chi connectivity index (χ4n) is 2.22. The van der Waals surface area contributed by atoms with Crippen LogP contribution in [0.1, 0.15) is 45.3 Å². The molecule has 0 spiro atoms. The highest BCUT2D eigenvalue weighted by atomic mass is 32.1. The normalized spacial score (nSPS) is 26.5. The first kappa shape index (κ1) is 14.0. The summed E-state index contributed by atoms with van der Waals surface area (Å²) in [5, 5.41) is 6.98. The van der Waals surface area contributed by atoms with Crippen LogP contribution in [0.3, 0.4) is 0 Å². The Morgan fingerprint density at radius 2 is 2.17 bits per heavy atom. The van der Waals surface area contributed by atoms with Crippen molar-refractivity contribution in [2.24, 2.45) is 0 Å². The summed E-state index contributed by atoms with van der Waals surface area (Å²) in [6.07, 6.45) is 0. The van der Waals surface area contributed by atoms with Crippen LogP contribution >= 0.6 is 11.3 Å². The maximum Gasteiger partial charge on any atom is 0.107 e. The monoisotopic (exact) mass is 267 g/mol. The molecule has 1 aromatic heterocycles. The summed E-state index contributed by atoms with van der Waals surface area (Å²) in [6, 6.07) is 1.19. The minimum atomic E-state index is 0.164. The molecule has 1 N–H and O–H groups in total. The molecule has 18 heavy (non-hydrogen) atoms. The third-order valence-electron chi connectivity index (χ3n) is 3.55. The van der Waals surface area contributed by atoms with Crippen LogP contribution in [0.15, 0.2) is 5.38 Å². The molecule has 2 heterocycles. The van der Waals surface area contributed by atoms with E-state index >= 15 is 0 Å². The summed E-state index contributed by atoms with van der Waals surface area (Å²) in [6.45, 7) is 14.4. The zero-order valence-corrected chi connectivity index (χ0v) is 13.0. The number of nitrogens with zero attached hydrogens (tertiary/aromatic N) is 2. The predicted molar refractivity (Wildman–Crippen MR) is 78.2 cm³/mol. The SMILES string of the molecule is CC1CN(Cc2nc(C(C)(C)C)cs2)C(C)CN1. The third kappa shape index (κ3) is 3.31. The second kappa shape index (κ2) is 5.27. The fraction of sp³-hybridized carbons (Fsp3) is 0.786. The molecular formula is C14H25N3S. The number of piperazine rings is 1. The molecule has 2 rings (SSSR count). The summed E-state index contributed by atoms with van der Waals surface area (Å²) in [7, 11) is 0. The smallest absolute Gasteiger partial charge is 0.107 e. The van der Waals surface area contributed by atoms with Crippen molar-refractivity contribution in [1.29, 1.82) is 0 Å². The molecule has 0 bridgehead atoms. The first-order valence-corrected chi connectivity index (χ1v) is 7.66. The van der Waals surface area contributed by atoms with Crippen LogP contribution in [-0.4, -0.2) is 35.1 Å². The predicted octanol–water partition coefficient (Wildman–Crippen LogP) is 2.62. The molecule has 3 nitrogen and oxygen atoms in total. The van der Waals surface area contributed by atoms with Crippen LogP contribution in [0.2, 0.25) is 0 Å². The lowest BCUT2D eigenvalue weighted by Crippen LogP contribution is -2.53. The zero-order chi connectivity index (χ0) is 13.3. The lowest BCUT2D eigenvalue weighted by molar-refractivity contribution is 0.138. The summed E-state index contributed by atoms with van der Waals surface area (Å²) >= 11 is 1.80. The summed E-state index contributed by atoms with van der Waals surface area (Å²) in [5.41, 5.74) is 1.38. The Morgan fingerprint density at radius 3 is 2.78 bits per heavy atom. The van der Waals surface area contributed by atoms with Gasteiger partial charge in [-0.1, -0.05) is 20.8 Å². The van der Waals surface area contributed by atoms with Gasteiger partial charge in [-0.25, -0.2) is 4.98 Å². The molecule has 102 valence electrons. The van der Waals surface area contributed by atoms with Crippen LogP contribution < -0.4 is 5.32 Å². The van der Waals surface area contributed by atoms with E-state index in [9.17, 15) is 0 Å². The van der Waals surface area contributed by atoms with E-state index in [1.54, 1.807) is 11.3 Å². The van der Waals surface area contributed by atoms with E-state index in [0.717, 1.165) is 19.6 Å². The van der Waals surface area contributed by atoms with Gasteiger partial charge in [0.05, 0.1) is 12.2 Å². The van der Waals surface area contributed by atoms with Gasteiger partial charge in [-0.3, -0.25) is 4.90 Å². The number of nitrogens with one attached hydrogen (secondary N) is 1. The Hall–Kier alpha value is -0.450. The van der Waals surface area contributed by atoms with Gasteiger partial charge in [-0.15, -0.1) is 11.3 Å². The maximum atomic E-state index is 4.79. The van der Waals surface area contributed by atoms with Crippen LogP contribution in [0.5, 0.6) is 0 Å². The first-order chi connectivity index (χ1) is 8.36. The quantitative estimate of drug-likeness (QED) is 0.893. The van der Waals surface area contributed by atoms with Gasteiger partial charge in [-0.05, 0) is 13.8 Å². The largest absolute Gasteiger partial charge is 0.311 e.